The molecule has 2 heterocycles. The molecule has 3 rings (SSSR count). The minimum Gasteiger partial charge on any atom is -0.497 e. The van der Waals surface area contributed by atoms with Gasteiger partial charge in [-0.2, -0.15) is 0 Å². The third-order valence-electron chi connectivity index (χ3n) is 5.47. The summed E-state index contributed by atoms with van der Waals surface area (Å²) in [5, 5.41) is 6.96. The minimum absolute atomic E-state index is 0.0104. The van der Waals surface area contributed by atoms with Crippen LogP contribution in [0.2, 0.25) is 0 Å². The van der Waals surface area contributed by atoms with Gasteiger partial charge in [0.2, 0.25) is 5.91 Å². The summed E-state index contributed by atoms with van der Waals surface area (Å²) in [5.41, 5.74) is 2.72. The van der Waals surface area contributed by atoms with E-state index in [1.54, 1.807) is 16.9 Å². The van der Waals surface area contributed by atoms with Gasteiger partial charge in [0.1, 0.15) is 11.5 Å². The summed E-state index contributed by atoms with van der Waals surface area (Å²) in [4.78, 5) is 28.8. The van der Waals surface area contributed by atoms with Crippen molar-refractivity contribution in [2.45, 2.75) is 39.7 Å². The first-order valence-electron chi connectivity index (χ1n) is 10.2. The van der Waals surface area contributed by atoms with Crippen molar-refractivity contribution in [2.75, 3.05) is 33.3 Å². The monoisotopic (exact) mass is 414 g/mol. The molecule has 1 aromatic heterocycles. The summed E-state index contributed by atoms with van der Waals surface area (Å²) in [6.45, 7) is 7.74. The first kappa shape index (κ1) is 21.7. The largest absolute Gasteiger partial charge is 0.497 e. The van der Waals surface area contributed by atoms with Crippen LogP contribution in [0.15, 0.2) is 28.8 Å². The number of benzene rings is 1. The molecule has 0 bridgehead atoms. The van der Waals surface area contributed by atoms with Crippen molar-refractivity contribution in [2.24, 2.45) is 0 Å². The minimum atomic E-state index is -0.0942. The zero-order chi connectivity index (χ0) is 21.7. The summed E-state index contributed by atoms with van der Waals surface area (Å²) < 4.78 is 10.4. The summed E-state index contributed by atoms with van der Waals surface area (Å²) in [6, 6.07) is 7.74. The zero-order valence-electron chi connectivity index (χ0n) is 18.1. The number of amides is 3. The van der Waals surface area contributed by atoms with Crippen LogP contribution in [0.3, 0.4) is 0 Å². The van der Waals surface area contributed by atoms with Gasteiger partial charge in [-0.05, 0) is 44.9 Å². The second-order valence-corrected chi connectivity index (χ2v) is 7.75. The molecule has 1 aliphatic heterocycles. The number of methoxy groups -OCH3 is 1. The van der Waals surface area contributed by atoms with Gasteiger partial charge in [0.05, 0.1) is 19.2 Å². The molecule has 0 radical (unpaired) electrons. The highest BCUT2D eigenvalue weighted by molar-refractivity contribution is 5.80. The number of aromatic nitrogens is 1. The van der Waals surface area contributed by atoms with E-state index in [4.69, 9.17) is 9.26 Å². The maximum atomic E-state index is 12.6. The van der Waals surface area contributed by atoms with Crippen LogP contribution in [0, 0.1) is 13.8 Å². The van der Waals surface area contributed by atoms with Crippen molar-refractivity contribution in [3.8, 4) is 5.75 Å². The van der Waals surface area contributed by atoms with E-state index in [9.17, 15) is 9.59 Å². The number of piperazine rings is 1. The van der Waals surface area contributed by atoms with E-state index in [1.165, 1.54) is 0 Å². The molecule has 0 saturated carbocycles. The molecular weight excluding hydrogens is 384 g/mol. The van der Waals surface area contributed by atoms with Crippen molar-refractivity contribution in [3.05, 3.63) is 46.8 Å². The molecule has 8 nitrogen and oxygen atoms in total. The van der Waals surface area contributed by atoms with Crippen LogP contribution >= 0.6 is 0 Å². The van der Waals surface area contributed by atoms with Crippen LogP contribution in [-0.4, -0.2) is 66.2 Å². The van der Waals surface area contributed by atoms with Crippen molar-refractivity contribution in [1.82, 2.24) is 20.3 Å². The molecule has 1 atom stereocenters. The van der Waals surface area contributed by atoms with Crippen molar-refractivity contribution in [1.29, 1.82) is 0 Å². The summed E-state index contributed by atoms with van der Waals surface area (Å²) in [5.74, 6) is 1.53. The maximum Gasteiger partial charge on any atom is 0.317 e. The molecule has 0 aliphatic carbocycles. The number of nitrogens with zero attached hydrogens (tertiary/aromatic N) is 3. The predicted octanol–water partition coefficient (Wildman–Crippen LogP) is 2.33. The molecule has 1 saturated heterocycles. The van der Waals surface area contributed by atoms with Crippen LogP contribution in [-0.2, 0) is 17.6 Å². The predicted molar refractivity (Wildman–Crippen MR) is 113 cm³/mol. The SMILES string of the molecule is COc1cccc(CC(C)NC(=O)N2CCN(C(=O)Cc3c(C)noc3C)CC2)c1. The van der Waals surface area contributed by atoms with Crippen molar-refractivity contribution < 1.29 is 18.8 Å². The Morgan fingerprint density at radius 1 is 1.20 bits per heavy atom. The number of carbonyl (C=O) groups excluding carboxylic acids is 2. The number of carbonyl (C=O) groups is 2. The lowest BCUT2D eigenvalue weighted by molar-refractivity contribution is -0.131. The van der Waals surface area contributed by atoms with E-state index in [2.05, 4.69) is 10.5 Å². The second kappa shape index (κ2) is 9.65. The third kappa shape index (κ3) is 5.31. The quantitative estimate of drug-likeness (QED) is 0.784. The molecule has 0 spiro atoms. The van der Waals surface area contributed by atoms with Gasteiger partial charge in [0.25, 0.3) is 0 Å². The number of rotatable bonds is 6. The van der Waals surface area contributed by atoms with Gasteiger partial charge < -0.3 is 24.4 Å². The molecule has 1 unspecified atom stereocenters. The smallest absolute Gasteiger partial charge is 0.317 e. The van der Waals surface area contributed by atoms with E-state index in [0.717, 1.165) is 29.0 Å². The fourth-order valence-corrected chi connectivity index (χ4v) is 3.68. The summed E-state index contributed by atoms with van der Waals surface area (Å²) in [7, 11) is 1.64. The van der Waals surface area contributed by atoms with E-state index in [-0.39, 0.29) is 24.4 Å². The lowest BCUT2D eigenvalue weighted by atomic mass is 10.1. The first-order chi connectivity index (χ1) is 14.4. The molecule has 30 heavy (non-hydrogen) atoms. The van der Waals surface area contributed by atoms with E-state index in [1.807, 2.05) is 45.0 Å². The lowest BCUT2D eigenvalue weighted by Gasteiger charge is -2.35. The molecule has 8 heteroatoms. The highest BCUT2D eigenvalue weighted by atomic mass is 16.5. The average Bonchev–Trinajstić information content (AvgIpc) is 3.05. The third-order valence-corrected chi connectivity index (χ3v) is 5.47. The number of hydrogen-bond acceptors (Lipinski definition) is 5. The topological polar surface area (TPSA) is 87.9 Å². The molecule has 3 amide bonds. The van der Waals surface area contributed by atoms with Crippen LogP contribution in [0.4, 0.5) is 4.79 Å². The van der Waals surface area contributed by atoms with Crippen LogP contribution < -0.4 is 10.1 Å². The van der Waals surface area contributed by atoms with Gasteiger partial charge in [0, 0.05) is 37.8 Å². The van der Waals surface area contributed by atoms with Crippen LogP contribution in [0.1, 0.15) is 29.5 Å². The zero-order valence-corrected chi connectivity index (χ0v) is 18.1. The van der Waals surface area contributed by atoms with Crippen molar-refractivity contribution >= 4 is 11.9 Å². The number of ether oxygens (including phenoxy) is 1. The maximum absolute atomic E-state index is 12.6. The molecular formula is C22H30N4O4. The average molecular weight is 415 g/mol. The highest BCUT2D eigenvalue weighted by Gasteiger charge is 2.26. The van der Waals surface area contributed by atoms with Gasteiger partial charge >= 0.3 is 6.03 Å². The van der Waals surface area contributed by atoms with E-state index in [0.29, 0.717) is 31.9 Å². The fraction of sp³-hybridized carbons (Fsp3) is 0.500. The molecule has 1 N–H and O–H groups in total. The molecule has 2 aromatic rings. The Morgan fingerprint density at radius 3 is 2.53 bits per heavy atom. The van der Waals surface area contributed by atoms with Gasteiger partial charge in [-0.1, -0.05) is 17.3 Å². The highest BCUT2D eigenvalue weighted by Crippen LogP contribution is 2.16. The normalized spacial score (nSPS) is 15.1. The standard InChI is InChI=1S/C22H30N4O4/c1-15(12-18-6-5-7-19(13-18)29-4)23-22(28)26-10-8-25(9-11-26)21(27)14-20-16(2)24-30-17(20)3/h5-7,13,15H,8-12,14H2,1-4H3,(H,23,28). The van der Waals surface area contributed by atoms with E-state index >= 15 is 0 Å². The molecule has 162 valence electrons. The van der Waals surface area contributed by atoms with Crippen LogP contribution in [0.5, 0.6) is 5.75 Å². The number of nitrogens with one attached hydrogen (secondary N) is 1. The number of aryl methyl sites for hydroxylation is 2. The number of urea groups is 1. The molecule has 1 fully saturated rings. The van der Waals surface area contributed by atoms with E-state index < -0.39 is 0 Å². The first-order valence-corrected chi connectivity index (χ1v) is 10.2. The fourth-order valence-electron chi connectivity index (χ4n) is 3.68. The van der Waals surface area contributed by atoms with Gasteiger partial charge in [0.15, 0.2) is 0 Å². The Hall–Kier alpha value is -3.03. The Morgan fingerprint density at radius 2 is 1.90 bits per heavy atom. The second-order valence-electron chi connectivity index (χ2n) is 7.75. The Labute approximate surface area is 177 Å². The van der Waals surface area contributed by atoms with Gasteiger partial charge in [-0.15, -0.1) is 0 Å². The summed E-state index contributed by atoms with van der Waals surface area (Å²) >= 11 is 0. The lowest BCUT2D eigenvalue weighted by Crippen LogP contribution is -2.54. The van der Waals surface area contributed by atoms with Gasteiger partial charge in [-0.25, -0.2) is 4.79 Å². The van der Waals surface area contributed by atoms with Gasteiger partial charge in [-0.3, -0.25) is 4.79 Å². The van der Waals surface area contributed by atoms with Crippen molar-refractivity contribution in [3.63, 3.8) is 0 Å². The Bertz CT molecular complexity index is 868. The molecule has 1 aliphatic rings. The Kier molecular flexibility index (Phi) is 6.97. The Balaban J connectivity index is 1.46. The number of hydrogen-bond donors (Lipinski definition) is 1. The van der Waals surface area contributed by atoms with Crippen LogP contribution in [0.25, 0.3) is 0 Å². The molecule has 1 aromatic carbocycles. The summed E-state index contributed by atoms with van der Waals surface area (Å²) in [6.07, 6.45) is 1.00.